The average Bonchev–Trinajstić information content (AvgIpc) is 3.80. The summed E-state index contributed by atoms with van der Waals surface area (Å²) in [7, 11) is 1.36. The van der Waals surface area contributed by atoms with Gasteiger partial charge in [-0.2, -0.15) is 0 Å². The Balaban J connectivity index is 1.04. The number of hydrogen-bond acceptors (Lipinski definition) is 16. The Morgan fingerprint density at radius 3 is 1.94 bits per heavy atom. The molecule has 362 valence electrons. The van der Waals surface area contributed by atoms with Crippen molar-refractivity contribution < 1.29 is 78.2 Å². The van der Waals surface area contributed by atoms with Gasteiger partial charge in [-0.15, -0.1) is 11.6 Å². The van der Waals surface area contributed by atoms with E-state index < -0.39 is 122 Å². The van der Waals surface area contributed by atoms with Gasteiger partial charge in [0.25, 0.3) is 5.91 Å². The molecule has 0 spiro atoms. The maximum absolute atomic E-state index is 14.0. The van der Waals surface area contributed by atoms with Gasteiger partial charge < -0.3 is 69.5 Å². The van der Waals surface area contributed by atoms with Gasteiger partial charge in [-0.25, -0.2) is 0 Å². The van der Waals surface area contributed by atoms with E-state index >= 15 is 0 Å². The van der Waals surface area contributed by atoms with Crippen molar-refractivity contribution >= 4 is 29.2 Å². The second-order valence-corrected chi connectivity index (χ2v) is 18.5. The number of aliphatic hydroxyl groups is 6. The smallest absolute Gasteiger partial charge is 0.263 e. The Labute approximate surface area is 375 Å². The number of ketones is 1. The third kappa shape index (κ3) is 13.8. The first-order chi connectivity index (χ1) is 30.1. The molecule has 8 N–H and O–H groups in total. The summed E-state index contributed by atoms with van der Waals surface area (Å²) in [6.45, 7) is 2.83. The van der Waals surface area contributed by atoms with Crippen LogP contribution >= 0.6 is 11.6 Å². The van der Waals surface area contributed by atoms with Crippen molar-refractivity contribution in [3.8, 4) is 0 Å². The molecule has 18 nitrogen and oxygen atoms in total. The zero-order chi connectivity index (χ0) is 45.8. The number of unbranched alkanes of at least 4 members (excludes halogenated alkanes) is 13. The van der Waals surface area contributed by atoms with Crippen molar-refractivity contribution in [1.82, 2.24) is 4.90 Å². The van der Waals surface area contributed by atoms with Crippen LogP contribution in [0.15, 0.2) is 11.3 Å². The standard InChI is InChI=1S/C44H73ClN2O16/c1-24-20-26(45)30(60-24)19-17-15-13-11-9-7-5-4-6-8-10-12-14-16-18-28(48)33-35(52)27(21-32(46)50)47(41(33)56)42-39(36(53)29(49)22-58-42)63-43-38(55)37(54)31(23-59-43)62-44-40(57-3)34(51)25(2)61-44/h24-27,29-31,34,36-40,42-44,49,51-55H,4-23H2,1-3H3,(H2,46,50)/t24-,25-,26+,27+,29-,30+,31-,34-,36+,37-,38+,39-,40+,42-,43+,44+/m1/s1. The van der Waals surface area contributed by atoms with Gasteiger partial charge in [-0.05, 0) is 33.1 Å². The number of primary amides is 1. The molecule has 0 saturated carbocycles. The van der Waals surface area contributed by atoms with Crippen molar-refractivity contribution in [1.29, 1.82) is 0 Å². The lowest BCUT2D eigenvalue weighted by molar-refractivity contribution is -0.338. The zero-order valence-electron chi connectivity index (χ0n) is 37.0. The van der Waals surface area contributed by atoms with Crippen molar-refractivity contribution in [2.45, 2.75) is 227 Å². The van der Waals surface area contributed by atoms with Gasteiger partial charge in [0.2, 0.25) is 5.91 Å². The van der Waals surface area contributed by atoms with Gasteiger partial charge in [0.05, 0.1) is 43.3 Å². The fraction of sp³-hybridized carbons (Fsp3) is 0.886. The van der Waals surface area contributed by atoms with Crippen LogP contribution in [0.5, 0.6) is 0 Å². The molecule has 5 heterocycles. The third-order valence-corrected chi connectivity index (χ3v) is 13.5. The Morgan fingerprint density at radius 1 is 0.762 bits per heavy atom. The molecular formula is C44H73ClN2O16. The van der Waals surface area contributed by atoms with Gasteiger partial charge in [0, 0.05) is 13.5 Å². The minimum Gasteiger partial charge on any atom is -0.509 e. The molecule has 19 heteroatoms. The summed E-state index contributed by atoms with van der Waals surface area (Å²) in [5, 5.41) is 65.5. The first-order valence-corrected chi connectivity index (χ1v) is 23.6. The number of ether oxygens (including phenoxy) is 7. The molecule has 0 aromatic rings. The van der Waals surface area contributed by atoms with Crippen molar-refractivity contribution in [2.75, 3.05) is 20.3 Å². The highest BCUT2D eigenvalue weighted by Crippen LogP contribution is 2.36. The number of alkyl halides is 1. The van der Waals surface area contributed by atoms with Crippen LogP contribution < -0.4 is 5.73 Å². The fourth-order valence-corrected chi connectivity index (χ4v) is 9.75. The normalized spacial score (nSPS) is 37.3. The molecule has 0 aliphatic carbocycles. The molecule has 4 fully saturated rings. The lowest BCUT2D eigenvalue weighted by Crippen LogP contribution is -2.65. The first kappa shape index (κ1) is 51.9. The number of amides is 2. The van der Waals surface area contributed by atoms with Crippen LogP contribution in [0.3, 0.4) is 0 Å². The van der Waals surface area contributed by atoms with E-state index in [1.54, 1.807) is 6.92 Å². The number of carbonyl (C=O) groups is 3. The Bertz CT molecular complexity index is 1490. The van der Waals surface area contributed by atoms with Crippen LogP contribution in [0.4, 0.5) is 0 Å². The summed E-state index contributed by atoms with van der Waals surface area (Å²) in [6, 6.07) is -1.46. The van der Waals surface area contributed by atoms with Gasteiger partial charge >= 0.3 is 0 Å². The van der Waals surface area contributed by atoms with Gasteiger partial charge in [0.1, 0.15) is 66.2 Å². The molecule has 63 heavy (non-hydrogen) atoms. The molecule has 2 amide bonds. The summed E-state index contributed by atoms with van der Waals surface area (Å²) in [4.78, 5) is 40.5. The van der Waals surface area contributed by atoms with Crippen molar-refractivity contribution in [2.24, 2.45) is 5.73 Å². The highest BCUT2D eigenvalue weighted by Gasteiger charge is 2.55. The Hall–Kier alpha value is -2.04. The molecule has 5 rings (SSSR count). The largest absolute Gasteiger partial charge is 0.509 e. The number of rotatable bonds is 26. The molecule has 16 atom stereocenters. The molecule has 0 aromatic heterocycles. The number of methoxy groups -OCH3 is 1. The molecule has 4 saturated heterocycles. The highest BCUT2D eigenvalue weighted by molar-refractivity contribution is 6.21. The minimum atomic E-state index is -1.82. The number of nitrogens with two attached hydrogens (primary N) is 1. The molecule has 5 aliphatic heterocycles. The van der Waals surface area contributed by atoms with Crippen LogP contribution in [-0.2, 0) is 47.5 Å². The summed E-state index contributed by atoms with van der Waals surface area (Å²) >= 11 is 6.37. The maximum atomic E-state index is 14.0. The van der Waals surface area contributed by atoms with Crippen LogP contribution in [0.1, 0.15) is 129 Å². The number of aliphatic hydroxyl groups excluding tert-OH is 6. The predicted molar refractivity (Wildman–Crippen MR) is 226 cm³/mol. The van der Waals surface area contributed by atoms with E-state index in [0.29, 0.717) is 6.42 Å². The minimum absolute atomic E-state index is 0.0338. The number of Topliss-reactive ketones (excluding diaryl/α,β-unsaturated/α-hetero) is 1. The van der Waals surface area contributed by atoms with Crippen LogP contribution in [0.2, 0.25) is 0 Å². The topological polar surface area (TPSA) is 266 Å². The number of nitrogens with zero attached hydrogens (tertiary/aromatic N) is 1. The van der Waals surface area contributed by atoms with Gasteiger partial charge in [-0.3, -0.25) is 19.3 Å². The molecule has 0 unspecified atom stereocenters. The van der Waals surface area contributed by atoms with E-state index in [1.807, 2.05) is 0 Å². The molecular weight excluding hydrogens is 848 g/mol. The van der Waals surface area contributed by atoms with E-state index in [9.17, 15) is 45.0 Å². The van der Waals surface area contributed by atoms with E-state index in [4.69, 9.17) is 50.5 Å². The monoisotopic (exact) mass is 920 g/mol. The van der Waals surface area contributed by atoms with Gasteiger partial charge in [0.15, 0.2) is 24.6 Å². The average molecular weight is 922 g/mol. The lowest BCUT2D eigenvalue weighted by atomic mass is 10.0. The van der Waals surface area contributed by atoms with Crippen molar-refractivity contribution in [3.63, 3.8) is 0 Å². The van der Waals surface area contributed by atoms with E-state index in [0.717, 1.165) is 49.8 Å². The summed E-state index contributed by atoms with van der Waals surface area (Å²) in [6.07, 6.45) is 0.528. The fourth-order valence-electron chi connectivity index (χ4n) is 9.31. The Kier molecular flexibility index (Phi) is 20.8. The van der Waals surface area contributed by atoms with Crippen LogP contribution in [0.25, 0.3) is 0 Å². The molecule has 0 bridgehead atoms. The molecule has 5 aliphatic rings. The lowest BCUT2D eigenvalue weighted by Gasteiger charge is -2.46. The number of halogens is 1. The molecule has 0 aromatic carbocycles. The summed E-state index contributed by atoms with van der Waals surface area (Å²) in [5.74, 6) is -3.20. The number of carbonyl (C=O) groups excluding carboxylic acids is 3. The van der Waals surface area contributed by atoms with Crippen LogP contribution in [0, 0.1) is 0 Å². The van der Waals surface area contributed by atoms with E-state index in [1.165, 1.54) is 58.5 Å². The number of hydrogen-bond donors (Lipinski definition) is 7. The zero-order valence-corrected chi connectivity index (χ0v) is 37.8. The summed E-state index contributed by atoms with van der Waals surface area (Å²) < 4.78 is 39.9. The van der Waals surface area contributed by atoms with Crippen LogP contribution in [-0.4, -0.2) is 171 Å². The van der Waals surface area contributed by atoms with Crippen molar-refractivity contribution in [3.05, 3.63) is 11.3 Å². The summed E-state index contributed by atoms with van der Waals surface area (Å²) in [5.41, 5.74) is 4.97. The predicted octanol–water partition coefficient (Wildman–Crippen LogP) is 2.53. The van der Waals surface area contributed by atoms with E-state index in [2.05, 4.69) is 6.92 Å². The Morgan fingerprint density at radius 2 is 1.37 bits per heavy atom. The molecule has 0 radical (unpaired) electrons. The first-order valence-electron chi connectivity index (χ1n) is 23.1. The van der Waals surface area contributed by atoms with E-state index in [-0.39, 0.29) is 30.6 Å². The quantitative estimate of drug-likeness (QED) is 0.0373. The highest BCUT2D eigenvalue weighted by atomic mass is 35.5. The SMILES string of the molecule is CO[C@@H]1[C@H](O[C@@H]2CO[C@@H](O[C@@H]3[C@@H](O)[C@H](O)CO[C@H]3N3C(=O)C(C(=O)CCCCCCCCCCCCCCCC[C@@H]4O[C@H](C)C[C@@H]4Cl)=C(O)[C@@H]3CC(N)=O)[C@@H](O)[C@@H]2O)O[C@H](C)[C@H]1O. The maximum Gasteiger partial charge on any atom is 0.263 e. The second kappa shape index (κ2) is 25.2. The third-order valence-electron chi connectivity index (χ3n) is 13.0. The van der Waals surface area contributed by atoms with Gasteiger partial charge in [-0.1, -0.05) is 83.5 Å². The second-order valence-electron chi connectivity index (χ2n) is 17.9.